The van der Waals surface area contributed by atoms with Crippen molar-refractivity contribution < 1.29 is 23.8 Å². The fraction of sp³-hybridized carbons (Fsp3) is 0.200. The zero-order chi connectivity index (χ0) is 18.8. The molecule has 136 valence electrons. The van der Waals surface area contributed by atoms with Crippen LogP contribution in [-0.2, 0) is 20.9 Å². The van der Waals surface area contributed by atoms with Gasteiger partial charge in [0.2, 0.25) is 0 Å². The van der Waals surface area contributed by atoms with Crippen LogP contribution in [-0.4, -0.2) is 32.7 Å². The van der Waals surface area contributed by atoms with Crippen LogP contribution in [0.1, 0.15) is 11.1 Å². The van der Waals surface area contributed by atoms with E-state index < -0.39 is 5.97 Å². The maximum Gasteiger partial charge on any atom is 0.331 e. The highest BCUT2D eigenvalue weighted by Crippen LogP contribution is 2.25. The molecule has 26 heavy (non-hydrogen) atoms. The topological polar surface area (TPSA) is 73.9 Å². The van der Waals surface area contributed by atoms with Crippen molar-refractivity contribution in [3.63, 3.8) is 0 Å². The molecule has 0 saturated heterocycles. The van der Waals surface area contributed by atoms with E-state index in [9.17, 15) is 9.59 Å². The van der Waals surface area contributed by atoms with E-state index in [1.165, 1.54) is 13.2 Å². The van der Waals surface area contributed by atoms with E-state index in [0.717, 1.165) is 5.56 Å². The summed E-state index contributed by atoms with van der Waals surface area (Å²) in [7, 11) is 3.09. The van der Waals surface area contributed by atoms with Gasteiger partial charge < -0.3 is 19.5 Å². The third-order valence-electron chi connectivity index (χ3n) is 3.52. The zero-order valence-electron chi connectivity index (χ0n) is 14.7. The predicted octanol–water partition coefficient (Wildman–Crippen LogP) is 2.58. The van der Waals surface area contributed by atoms with E-state index in [1.54, 1.807) is 31.4 Å². The normalized spacial score (nSPS) is 10.4. The molecule has 0 unspecified atom stereocenters. The summed E-state index contributed by atoms with van der Waals surface area (Å²) in [5.74, 6) is 0.237. The first-order chi connectivity index (χ1) is 12.6. The summed E-state index contributed by atoms with van der Waals surface area (Å²) >= 11 is 0. The Balaban J connectivity index is 1.81. The van der Waals surface area contributed by atoms with Gasteiger partial charge in [-0.25, -0.2) is 4.79 Å². The average Bonchev–Trinajstić information content (AvgIpc) is 2.69. The SMILES string of the molecule is COc1ccc(C=CC(=O)OCC(=O)NCc2ccccc2)c(OC)c1. The smallest absolute Gasteiger partial charge is 0.331 e. The van der Waals surface area contributed by atoms with Gasteiger partial charge in [0.25, 0.3) is 5.91 Å². The van der Waals surface area contributed by atoms with Crippen LogP contribution in [0.2, 0.25) is 0 Å². The van der Waals surface area contributed by atoms with Gasteiger partial charge in [-0.05, 0) is 23.8 Å². The van der Waals surface area contributed by atoms with Crippen LogP contribution in [0.3, 0.4) is 0 Å². The van der Waals surface area contributed by atoms with E-state index in [4.69, 9.17) is 14.2 Å². The standard InChI is InChI=1S/C20H21NO5/c1-24-17-10-8-16(18(12-17)25-2)9-11-20(23)26-14-19(22)21-13-15-6-4-3-5-7-15/h3-12H,13-14H2,1-2H3,(H,21,22). The average molecular weight is 355 g/mol. The Kier molecular flexibility index (Phi) is 7.24. The number of ether oxygens (including phenoxy) is 3. The van der Waals surface area contributed by atoms with E-state index in [1.807, 2.05) is 30.3 Å². The van der Waals surface area contributed by atoms with Crippen LogP contribution in [0.25, 0.3) is 6.08 Å². The van der Waals surface area contributed by atoms with Gasteiger partial charge in [0.05, 0.1) is 14.2 Å². The lowest BCUT2D eigenvalue weighted by molar-refractivity contribution is -0.143. The number of methoxy groups -OCH3 is 2. The van der Waals surface area contributed by atoms with Gasteiger partial charge in [0.1, 0.15) is 11.5 Å². The number of hydrogen-bond donors (Lipinski definition) is 1. The lowest BCUT2D eigenvalue weighted by atomic mass is 10.2. The van der Waals surface area contributed by atoms with Crippen LogP contribution in [0.5, 0.6) is 11.5 Å². The van der Waals surface area contributed by atoms with Crippen molar-refractivity contribution in [3.8, 4) is 11.5 Å². The van der Waals surface area contributed by atoms with Crippen molar-refractivity contribution in [2.45, 2.75) is 6.54 Å². The van der Waals surface area contributed by atoms with Gasteiger partial charge in [-0.15, -0.1) is 0 Å². The summed E-state index contributed by atoms with van der Waals surface area (Å²) in [4.78, 5) is 23.5. The summed E-state index contributed by atoms with van der Waals surface area (Å²) in [6.07, 6.45) is 2.80. The number of hydrogen-bond acceptors (Lipinski definition) is 5. The molecule has 6 nitrogen and oxygen atoms in total. The number of carbonyl (C=O) groups excluding carboxylic acids is 2. The van der Waals surface area contributed by atoms with E-state index in [-0.39, 0.29) is 12.5 Å². The minimum absolute atomic E-state index is 0.338. The van der Waals surface area contributed by atoms with Gasteiger partial charge in [0.15, 0.2) is 6.61 Å². The van der Waals surface area contributed by atoms with Crippen molar-refractivity contribution in [2.24, 2.45) is 0 Å². The number of esters is 1. The number of amides is 1. The third-order valence-corrected chi connectivity index (χ3v) is 3.52. The van der Waals surface area contributed by atoms with Crippen LogP contribution >= 0.6 is 0 Å². The molecule has 0 heterocycles. The minimum Gasteiger partial charge on any atom is -0.497 e. The summed E-state index contributed by atoms with van der Waals surface area (Å²) in [6.45, 7) is 0.0475. The summed E-state index contributed by atoms with van der Waals surface area (Å²) in [6, 6.07) is 14.7. The van der Waals surface area contributed by atoms with Crippen molar-refractivity contribution in [1.82, 2.24) is 5.32 Å². The van der Waals surface area contributed by atoms with Gasteiger partial charge in [-0.2, -0.15) is 0 Å². The second-order valence-electron chi connectivity index (χ2n) is 5.31. The highest BCUT2D eigenvalue weighted by Gasteiger charge is 2.06. The van der Waals surface area contributed by atoms with Crippen LogP contribution in [0, 0.1) is 0 Å². The molecule has 0 fully saturated rings. The van der Waals surface area contributed by atoms with Gasteiger partial charge in [0, 0.05) is 24.3 Å². The maximum atomic E-state index is 11.8. The molecule has 0 radical (unpaired) electrons. The van der Waals surface area contributed by atoms with Gasteiger partial charge >= 0.3 is 5.97 Å². The zero-order valence-corrected chi connectivity index (χ0v) is 14.7. The molecular formula is C20H21NO5. The van der Waals surface area contributed by atoms with E-state index in [2.05, 4.69) is 5.32 Å². The molecule has 1 N–H and O–H groups in total. The molecule has 0 saturated carbocycles. The Hall–Kier alpha value is -3.28. The van der Waals surface area contributed by atoms with E-state index in [0.29, 0.717) is 23.6 Å². The van der Waals surface area contributed by atoms with Gasteiger partial charge in [-0.3, -0.25) is 4.79 Å². The Morgan fingerprint density at radius 1 is 1.04 bits per heavy atom. The molecule has 2 aromatic rings. The molecule has 0 aromatic heterocycles. The van der Waals surface area contributed by atoms with Crippen molar-refractivity contribution in [1.29, 1.82) is 0 Å². The van der Waals surface area contributed by atoms with Gasteiger partial charge in [-0.1, -0.05) is 30.3 Å². The molecule has 0 spiro atoms. The minimum atomic E-state index is -0.613. The first-order valence-electron chi connectivity index (χ1n) is 8.00. The largest absolute Gasteiger partial charge is 0.497 e. The molecule has 0 aliphatic carbocycles. The molecule has 2 rings (SSSR count). The third kappa shape index (κ3) is 5.98. The molecule has 0 bridgehead atoms. The Morgan fingerprint density at radius 3 is 2.50 bits per heavy atom. The van der Waals surface area contributed by atoms with Crippen LogP contribution in [0.15, 0.2) is 54.6 Å². The van der Waals surface area contributed by atoms with Crippen molar-refractivity contribution in [2.75, 3.05) is 20.8 Å². The molecule has 0 atom stereocenters. The summed E-state index contributed by atoms with van der Waals surface area (Å²) in [5, 5.41) is 2.68. The molecular weight excluding hydrogens is 334 g/mol. The highest BCUT2D eigenvalue weighted by molar-refractivity contribution is 5.89. The quantitative estimate of drug-likeness (QED) is 0.582. The van der Waals surface area contributed by atoms with Crippen molar-refractivity contribution in [3.05, 3.63) is 65.7 Å². The highest BCUT2D eigenvalue weighted by atomic mass is 16.5. The van der Waals surface area contributed by atoms with Crippen LogP contribution in [0.4, 0.5) is 0 Å². The fourth-order valence-corrected chi connectivity index (χ4v) is 2.15. The number of carbonyl (C=O) groups is 2. The second-order valence-corrected chi connectivity index (χ2v) is 5.31. The number of rotatable bonds is 8. The molecule has 0 aliphatic rings. The van der Waals surface area contributed by atoms with Crippen LogP contribution < -0.4 is 14.8 Å². The Morgan fingerprint density at radius 2 is 1.81 bits per heavy atom. The summed E-state index contributed by atoms with van der Waals surface area (Å²) in [5.41, 5.74) is 1.66. The van der Waals surface area contributed by atoms with E-state index >= 15 is 0 Å². The second kappa shape index (κ2) is 9.88. The first kappa shape index (κ1) is 19.1. The monoisotopic (exact) mass is 355 g/mol. The first-order valence-corrected chi connectivity index (χ1v) is 8.00. The Bertz CT molecular complexity index is 771. The fourth-order valence-electron chi connectivity index (χ4n) is 2.15. The molecule has 6 heteroatoms. The van der Waals surface area contributed by atoms with Crippen molar-refractivity contribution >= 4 is 18.0 Å². The maximum absolute atomic E-state index is 11.8. The Labute approximate surface area is 152 Å². The number of benzene rings is 2. The molecule has 2 aromatic carbocycles. The lowest BCUT2D eigenvalue weighted by Gasteiger charge is -2.07. The molecule has 1 amide bonds. The number of nitrogens with one attached hydrogen (secondary N) is 1. The lowest BCUT2D eigenvalue weighted by Crippen LogP contribution is -2.28. The predicted molar refractivity (Wildman–Crippen MR) is 97.8 cm³/mol. The molecule has 0 aliphatic heterocycles. The summed E-state index contributed by atoms with van der Waals surface area (Å²) < 4.78 is 15.3.